The topological polar surface area (TPSA) is 20.2 Å². The Morgan fingerprint density at radius 1 is 1.25 bits per heavy atom. The van der Waals surface area contributed by atoms with Crippen LogP contribution in [0.15, 0.2) is 0 Å². The van der Waals surface area contributed by atoms with Gasteiger partial charge in [-0.05, 0) is 24.2 Å². The maximum Gasteiger partial charge on any atom is 0.0433 e. The number of hydrogen-bond acceptors (Lipinski definition) is 1. The first-order valence-electron chi connectivity index (χ1n) is 5.36. The van der Waals surface area contributed by atoms with Crippen molar-refractivity contribution in [2.45, 2.75) is 46.0 Å². The highest BCUT2D eigenvalue weighted by Gasteiger charge is 2.24. The highest BCUT2D eigenvalue weighted by Crippen LogP contribution is 2.35. The van der Waals surface area contributed by atoms with Crippen molar-refractivity contribution in [3.05, 3.63) is 0 Å². The van der Waals surface area contributed by atoms with E-state index >= 15 is 0 Å². The Balaban J connectivity index is 2.29. The van der Waals surface area contributed by atoms with Crippen LogP contribution in [0.4, 0.5) is 0 Å². The van der Waals surface area contributed by atoms with Crippen LogP contribution in [0.2, 0.25) is 0 Å². The number of rotatable bonds is 4. The summed E-state index contributed by atoms with van der Waals surface area (Å²) in [7, 11) is 0. The average molecular weight is 170 g/mol. The molecule has 1 rings (SSSR count). The third-order valence-corrected chi connectivity index (χ3v) is 3.63. The van der Waals surface area contributed by atoms with Crippen LogP contribution in [0.1, 0.15) is 46.0 Å². The van der Waals surface area contributed by atoms with Gasteiger partial charge in [0.25, 0.3) is 0 Å². The molecule has 72 valence electrons. The van der Waals surface area contributed by atoms with Gasteiger partial charge in [-0.15, -0.1) is 0 Å². The van der Waals surface area contributed by atoms with Crippen LogP contribution in [0.5, 0.6) is 0 Å². The average Bonchev–Trinajstić information content (AvgIpc) is 2.55. The van der Waals surface area contributed by atoms with E-state index in [1.165, 1.54) is 25.7 Å². The van der Waals surface area contributed by atoms with E-state index in [1.54, 1.807) is 0 Å². The van der Waals surface area contributed by atoms with E-state index in [0.29, 0.717) is 12.5 Å². The van der Waals surface area contributed by atoms with Crippen molar-refractivity contribution in [1.82, 2.24) is 0 Å². The SMILES string of the molecule is CC(CCO)C(C)C1CCCC1. The van der Waals surface area contributed by atoms with Crippen LogP contribution in [-0.4, -0.2) is 11.7 Å². The molecule has 1 saturated carbocycles. The Morgan fingerprint density at radius 2 is 1.83 bits per heavy atom. The minimum atomic E-state index is 0.359. The molecule has 0 spiro atoms. The molecule has 12 heavy (non-hydrogen) atoms. The third-order valence-electron chi connectivity index (χ3n) is 3.63. The van der Waals surface area contributed by atoms with Crippen molar-refractivity contribution in [2.75, 3.05) is 6.61 Å². The summed E-state index contributed by atoms with van der Waals surface area (Å²) in [5.74, 6) is 2.48. The maximum absolute atomic E-state index is 8.83. The van der Waals surface area contributed by atoms with E-state index in [9.17, 15) is 0 Å². The fraction of sp³-hybridized carbons (Fsp3) is 1.00. The van der Waals surface area contributed by atoms with E-state index in [-0.39, 0.29) is 0 Å². The lowest BCUT2D eigenvalue weighted by Gasteiger charge is -2.24. The van der Waals surface area contributed by atoms with E-state index in [4.69, 9.17) is 5.11 Å². The summed E-state index contributed by atoms with van der Waals surface area (Å²) in [5.41, 5.74) is 0. The monoisotopic (exact) mass is 170 g/mol. The Hall–Kier alpha value is -0.0400. The van der Waals surface area contributed by atoms with Crippen LogP contribution < -0.4 is 0 Å². The minimum Gasteiger partial charge on any atom is -0.396 e. The van der Waals surface area contributed by atoms with Crippen molar-refractivity contribution in [2.24, 2.45) is 17.8 Å². The van der Waals surface area contributed by atoms with Crippen LogP contribution in [0.25, 0.3) is 0 Å². The third kappa shape index (κ3) is 2.48. The van der Waals surface area contributed by atoms with Gasteiger partial charge in [-0.2, -0.15) is 0 Å². The lowest BCUT2D eigenvalue weighted by atomic mass is 9.81. The van der Waals surface area contributed by atoms with Gasteiger partial charge in [0.1, 0.15) is 0 Å². The fourth-order valence-electron chi connectivity index (χ4n) is 2.41. The molecule has 2 unspecified atom stereocenters. The summed E-state index contributed by atoms with van der Waals surface area (Å²) in [4.78, 5) is 0. The predicted octanol–water partition coefficient (Wildman–Crippen LogP) is 2.83. The molecule has 0 saturated heterocycles. The summed E-state index contributed by atoms with van der Waals surface area (Å²) in [6.07, 6.45) is 6.70. The first-order chi connectivity index (χ1) is 5.75. The molecule has 1 aliphatic rings. The Kier molecular flexibility index (Phi) is 4.07. The zero-order valence-corrected chi connectivity index (χ0v) is 8.42. The summed E-state index contributed by atoms with van der Waals surface area (Å²) >= 11 is 0. The van der Waals surface area contributed by atoms with Crippen molar-refractivity contribution < 1.29 is 5.11 Å². The molecular weight excluding hydrogens is 148 g/mol. The second-order valence-electron chi connectivity index (χ2n) is 4.39. The van der Waals surface area contributed by atoms with Crippen LogP contribution >= 0.6 is 0 Å². The molecule has 1 fully saturated rings. The van der Waals surface area contributed by atoms with Crippen LogP contribution in [0, 0.1) is 17.8 Å². The molecule has 0 radical (unpaired) electrons. The van der Waals surface area contributed by atoms with Gasteiger partial charge in [0.05, 0.1) is 0 Å². The fourth-order valence-corrected chi connectivity index (χ4v) is 2.41. The second kappa shape index (κ2) is 4.86. The van der Waals surface area contributed by atoms with E-state index in [0.717, 1.165) is 18.3 Å². The van der Waals surface area contributed by atoms with Crippen molar-refractivity contribution in [1.29, 1.82) is 0 Å². The number of hydrogen-bond donors (Lipinski definition) is 1. The molecule has 0 heterocycles. The highest BCUT2D eigenvalue weighted by molar-refractivity contribution is 4.75. The minimum absolute atomic E-state index is 0.359. The quantitative estimate of drug-likeness (QED) is 0.688. The molecule has 0 aliphatic heterocycles. The largest absolute Gasteiger partial charge is 0.396 e. The molecule has 1 heteroatoms. The molecule has 0 amide bonds. The molecule has 1 N–H and O–H groups in total. The van der Waals surface area contributed by atoms with Crippen LogP contribution in [-0.2, 0) is 0 Å². The van der Waals surface area contributed by atoms with Gasteiger partial charge in [0.15, 0.2) is 0 Å². The summed E-state index contributed by atoms with van der Waals surface area (Å²) in [6.45, 7) is 4.99. The predicted molar refractivity (Wildman–Crippen MR) is 52.0 cm³/mol. The van der Waals surface area contributed by atoms with Gasteiger partial charge in [-0.25, -0.2) is 0 Å². The number of aliphatic hydroxyl groups is 1. The number of aliphatic hydroxyl groups excluding tert-OH is 1. The molecule has 0 aromatic heterocycles. The summed E-state index contributed by atoms with van der Waals surface area (Å²) < 4.78 is 0. The Labute approximate surface area is 76.2 Å². The first-order valence-corrected chi connectivity index (χ1v) is 5.36. The molecule has 0 bridgehead atoms. The van der Waals surface area contributed by atoms with Gasteiger partial charge < -0.3 is 5.11 Å². The van der Waals surface area contributed by atoms with E-state index < -0.39 is 0 Å². The molecule has 0 aromatic rings. The Morgan fingerprint density at radius 3 is 2.33 bits per heavy atom. The zero-order chi connectivity index (χ0) is 8.97. The molecular formula is C11H22O. The first kappa shape index (κ1) is 10.0. The lowest BCUT2D eigenvalue weighted by molar-refractivity contribution is 0.199. The van der Waals surface area contributed by atoms with Gasteiger partial charge in [-0.3, -0.25) is 0 Å². The van der Waals surface area contributed by atoms with Crippen molar-refractivity contribution >= 4 is 0 Å². The van der Waals surface area contributed by atoms with E-state index in [1.807, 2.05) is 0 Å². The van der Waals surface area contributed by atoms with Gasteiger partial charge in [0, 0.05) is 6.61 Å². The smallest absolute Gasteiger partial charge is 0.0433 e. The zero-order valence-electron chi connectivity index (χ0n) is 8.42. The summed E-state index contributed by atoms with van der Waals surface area (Å²) in [5, 5.41) is 8.83. The van der Waals surface area contributed by atoms with Gasteiger partial charge in [0.2, 0.25) is 0 Å². The van der Waals surface area contributed by atoms with Gasteiger partial charge >= 0.3 is 0 Å². The van der Waals surface area contributed by atoms with E-state index in [2.05, 4.69) is 13.8 Å². The van der Waals surface area contributed by atoms with Gasteiger partial charge in [-0.1, -0.05) is 39.5 Å². The van der Waals surface area contributed by atoms with Crippen LogP contribution in [0.3, 0.4) is 0 Å². The molecule has 2 atom stereocenters. The maximum atomic E-state index is 8.83. The Bertz CT molecular complexity index is 116. The molecule has 1 aliphatic carbocycles. The molecule has 1 nitrogen and oxygen atoms in total. The highest BCUT2D eigenvalue weighted by atomic mass is 16.3. The summed E-state index contributed by atoms with van der Waals surface area (Å²) in [6, 6.07) is 0. The van der Waals surface area contributed by atoms with Crippen molar-refractivity contribution in [3.8, 4) is 0 Å². The standard InChI is InChI=1S/C11H22O/c1-9(7-8-12)10(2)11-5-3-4-6-11/h9-12H,3-8H2,1-2H3. The molecule has 0 aromatic carbocycles. The normalized spacial score (nSPS) is 24.2. The van der Waals surface area contributed by atoms with Crippen molar-refractivity contribution in [3.63, 3.8) is 0 Å². The lowest BCUT2D eigenvalue weighted by Crippen LogP contribution is -2.17. The second-order valence-corrected chi connectivity index (χ2v) is 4.39.